The number of nitrogens with two attached hydrogens (primary N) is 1. The highest BCUT2D eigenvalue weighted by Gasteiger charge is 2.14. The fraction of sp³-hybridized carbons (Fsp3) is 0.636. The second-order valence-corrected chi connectivity index (χ2v) is 3.87. The Kier molecular flexibility index (Phi) is 4.07. The van der Waals surface area contributed by atoms with Crippen LogP contribution in [0.1, 0.15) is 25.0 Å². The van der Waals surface area contributed by atoms with Gasteiger partial charge in [-0.15, -0.1) is 5.10 Å². The third-order valence-electron chi connectivity index (χ3n) is 2.60. The summed E-state index contributed by atoms with van der Waals surface area (Å²) in [6.45, 7) is 1.79. The molecular formula is C11H17N3O2. The molecule has 0 amide bonds. The third kappa shape index (κ3) is 3.15. The molecule has 0 bridgehead atoms. The van der Waals surface area contributed by atoms with Gasteiger partial charge in [0.1, 0.15) is 6.61 Å². The van der Waals surface area contributed by atoms with Crippen molar-refractivity contribution in [3.8, 4) is 5.88 Å². The van der Waals surface area contributed by atoms with E-state index in [1.165, 1.54) is 6.42 Å². The molecule has 5 heteroatoms. The van der Waals surface area contributed by atoms with Crippen LogP contribution in [-0.2, 0) is 11.3 Å². The topological polar surface area (TPSA) is 70.3 Å². The molecule has 2 N–H and O–H groups in total. The van der Waals surface area contributed by atoms with E-state index in [2.05, 4.69) is 10.2 Å². The highest BCUT2D eigenvalue weighted by Crippen LogP contribution is 2.14. The SMILES string of the molecule is NCc1ccc(OCC2CCCCO2)nn1. The van der Waals surface area contributed by atoms with Gasteiger partial charge in [-0.25, -0.2) is 0 Å². The first kappa shape index (κ1) is 11.3. The molecule has 5 nitrogen and oxygen atoms in total. The number of aromatic nitrogens is 2. The van der Waals surface area contributed by atoms with Crippen LogP contribution in [0, 0.1) is 0 Å². The number of hydrogen-bond donors (Lipinski definition) is 1. The highest BCUT2D eigenvalue weighted by molar-refractivity contribution is 5.11. The fourth-order valence-corrected chi connectivity index (χ4v) is 1.65. The monoisotopic (exact) mass is 223 g/mol. The molecule has 1 unspecified atom stereocenters. The Morgan fingerprint density at radius 3 is 2.94 bits per heavy atom. The number of nitrogens with zero attached hydrogens (tertiary/aromatic N) is 2. The number of hydrogen-bond acceptors (Lipinski definition) is 5. The van der Waals surface area contributed by atoms with Crippen molar-refractivity contribution < 1.29 is 9.47 Å². The lowest BCUT2D eigenvalue weighted by Crippen LogP contribution is -2.26. The minimum Gasteiger partial charge on any atom is -0.474 e. The Bertz CT molecular complexity index is 310. The van der Waals surface area contributed by atoms with E-state index in [1.807, 2.05) is 6.07 Å². The summed E-state index contributed by atoms with van der Waals surface area (Å²) in [6.07, 6.45) is 3.63. The van der Waals surface area contributed by atoms with Gasteiger partial charge in [0.25, 0.3) is 0 Å². The first-order valence-electron chi connectivity index (χ1n) is 5.65. The molecule has 16 heavy (non-hydrogen) atoms. The zero-order valence-electron chi connectivity index (χ0n) is 9.26. The molecular weight excluding hydrogens is 206 g/mol. The Morgan fingerprint density at radius 2 is 2.31 bits per heavy atom. The van der Waals surface area contributed by atoms with E-state index in [0.29, 0.717) is 19.0 Å². The van der Waals surface area contributed by atoms with E-state index in [0.717, 1.165) is 25.1 Å². The van der Waals surface area contributed by atoms with Crippen LogP contribution >= 0.6 is 0 Å². The zero-order chi connectivity index (χ0) is 11.2. The highest BCUT2D eigenvalue weighted by atomic mass is 16.5. The maximum Gasteiger partial charge on any atom is 0.233 e. The van der Waals surface area contributed by atoms with Gasteiger partial charge >= 0.3 is 0 Å². The Labute approximate surface area is 95.0 Å². The van der Waals surface area contributed by atoms with Crippen molar-refractivity contribution in [2.45, 2.75) is 31.9 Å². The molecule has 1 atom stereocenters. The lowest BCUT2D eigenvalue weighted by molar-refractivity contribution is -0.0121. The van der Waals surface area contributed by atoms with Gasteiger partial charge in [0.05, 0.1) is 11.8 Å². The number of ether oxygens (including phenoxy) is 2. The van der Waals surface area contributed by atoms with Crippen molar-refractivity contribution in [3.63, 3.8) is 0 Å². The molecule has 0 saturated carbocycles. The second kappa shape index (κ2) is 5.77. The van der Waals surface area contributed by atoms with Crippen LogP contribution in [0.15, 0.2) is 12.1 Å². The summed E-state index contributed by atoms with van der Waals surface area (Å²) in [6, 6.07) is 3.61. The minimum absolute atomic E-state index is 0.199. The largest absolute Gasteiger partial charge is 0.474 e. The summed E-state index contributed by atoms with van der Waals surface area (Å²) < 4.78 is 11.1. The van der Waals surface area contributed by atoms with Crippen LogP contribution in [-0.4, -0.2) is 29.5 Å². The van der Waals surface area contributed by atoms with Crippen LogP contribution in [0.4, 0.5) is 0 Å². The van der Waals surface area contributed by atoms with Gasteiger partial charge < -0.3 is 15.2 Å². The van der Waals surface area contributed by atoms with Crippen molar-refractivity contribution in [1.29, 1.82) is 0 Å². The second-order valence-electron chi connectivity index (χ2n) is 3.87. The van der Waals surface area contributed by atoms with Crippen LogP contribution in [0.25, 0.3) is 0 Å². The Morgan fingerprint density at radius 1 is 1.38 bits per heavy atom. The van der Waals surface area contributed by atoms with E-state index in [1.54, 1.807) is 6.07 Å². The van der Waals surface area contributed by atoms with Crippen molar-refractivity contribution >= 4 is 0 Å². The molecule has 0 radical (unpaired) electrons. The van der Waals surface area contributed by atoms with E-state index >= 15 is 0 Å². The van der Waals surface area contributed by atoms with Crippen molar-refractivity contribution in [3.05, 3.63) is 17.8 Å². The van der Waals surface area contributed by atoms with Crippen LogP contribution in [0.5, 0.6) is 5.88 Å². The molecule has 0 aliphatic carbocycles. The summed E-state index contributed by atoms with van der Waals surface area (Å²) in [7, 11) is 0. The van der Waals surface area contributed by atoms with Crippen molar-refractivity contribution in [1.82, 2.24) is 10.2 Å². The van der Waals surface area contributed by atoms with E-state index in [9.17, 15) is 0 Å². The van der Waals surface area contributed by atoms with Gasteiger partial charge in [0.2, 0.25) is 5.88 Å². The smallest absolute Gasteiger partial charge is 0.233 e. The quantitative estimate of drug-likeness (QED) is 0.820. The van der Waals surface area contributed by atoms with Crippen molar-refractivity contribution in [2.75, 3.05) is 13.2 Å². The minimum atomic E-state index is 0.199. The van der Waals surface area contributed by atoms with Gasteiger partial charge in [-0.3, -0.25) is 0 Å². The maximum absolute atomic E-state index is 5.55. The normalized spacial score (nSPS) is 20.7. The summed E-state index contributed by atoms with van der Waals surface area (Å²) in [5, 5.41) is 7.85. The van der Waals surface area contributed by atoms with Gasteiger partial charge in [-0.2, -0.15) is 5.10 Å². The number of rotatable bonds is 4. The van der Waals surface area contributed by atoms with Gasteiger partial charge in [0.15, 0.2) is 0 Å². The van der Waals surface area contributed by atoms with Crippen LogP contribution in [0.3, 0.4) is 0 Å². The lowest BCUT2D eigenvalue weighted by atomic mass is 10.1. The molecule has 1 aromatic heterocycles. The summed E-state index contributed by atoms with van der Waals surface area (Å²) in [5.41, 5.74) is 6.19. The average Bonchev–Trinajstić information content (AvgIpc) is 2.38. The van der Waals surface area contributed by atoms with E-state index in [4.69, 9.17) is 15.2 Å². The molecule has 2 heterocycles. The van der Waals surface area contributed by atoms with Gasteiger partial charge in [-0.1, -0.05) is 0 Å². The molecule has 88 valence electrons. The molecule has 0 aromatic carbocycles. The Balaban J connectivity index is 1.79. The molecule has 1 aromatic rings. The summed E-state index contributed by atoms with van der Waals surface area (Å²) in [4.78, 5) is 0. The van der Waals surface area contributed by atoms with E-state index in [-0.39, 0.29) is 6.10 Å². The molecule has 2 rings (SSSR count). The predicted octanol–water partition coefficient (Wildman–Crippen LogP) is 0.883. The predicted molar refractivity (Wildman–Crippen MR) is 59.0 cm³/mol. The molecule has 1 aliphatic rings. The fourth-order valence-electron chi connectivity index (χ4n) is 1.65. The van der Waals surface area contributed by atoms with Crippen molar-refractivity contribution in [2.24, 2.45) is 5.73 Å². The third-order valence-corrected chi connectivity index (χ3v) is 2.60. The van der Waals surface area contributed by atoms with Crippen LogP contribution in [0.2, 0.25) is 0 Å². The summed E-state index contributed by atoms with van der Waals surface area (Å²) in [5.74, 6) is 0.534. The van der Waals surface area contributed by atoms with Gasteiger partial charge in [0, 0.05) is 19.2 Å². The standard InChI is InChI=1S/C11H17N3O2/c12-7-9-4-5-11(14-13-9)16-8-10-3-1-2-6-15-10/h4-5,10H,1-3,6-8,12H2. The lowest BCUT2D eigenvalue weighted by Gasteiger charge is -2.22. The van der Waals surface area contributed by atoms with E-state index < -0.39 is 0 Å². The first-order valence-corrected chi connectivity index (χ1v) is 5.65. The zero-order valence-corrected chi connectivity index (χ0v) is 9.26. The molecule has 1 aliphatic heterocycles. The summed E-state index contributed by atoms with van der Waals surface area (Å²) >= 11 is 0. The van der Waals surface area contributed by atoms with Crippen LogP contribution < -0.4 is 10.5 Å². The molecule has 1 fully saturated rings. The first-order chi connectivity index (χ1) is 7.88. The Hall–Kier alpha value is -1.20. The molecule has 1 saturated heterocycles. The maximum atomic E-state index is 5.55. The molecule has 0 spiro atoms. The van der Waals surface area contributed by atoms with Gasteiger partial charge in [-0.05, 0) is 25.3 Å². The average molecular weight is 223 g/mol.